The van der Waals surface area contributed by atoms with Gasteiger partial charge in [0.1, 0.15) is 6.61 Å². The number of hydrogen-bond donors (Lipinski definition) is 5. The third-order valence-electron chi connectivity index (χ3n) is 8.35. The van der Waals surface area contributed by atoms with Crippen LogP contribution in [0.5, 0.6) is 0 Å². The Morgan fingerprint density at radius 1 is 0.913 bits per heavy atom. The first-order chi connectivity index (χ1) is 22.4. The highest BCUT2D eigenvalue weighted by atomic mass is 16.6. The van der Waals surface area contributed by atoms with E-state index < -0.39 is 11.8 Å². The van der Waals surface area contributed by atoms with E-state index in [0.29, 0.717) is 42.1 Å². The number of fused-ring (bicyclic) bond motifs is 2. The van der Waals surface area contributed by atoms with E-state index in [1.54, 1.807) is 17.3 Å². The zero-order valence-corrected chi connectivity index (χ0v) is 25.3. The molecule has 2 aliphatic rings. The molecule has 7 rings (SSSR count). The fourth-order valence-electron chi connectivity index (χ4n) is 6.05. The number of piperidine rings is 1. The summed E-state index contributed by atoms with van der Waals surface area (Å²) in [6.45, 7) is 3.25. The smallest absolute Gasteiger partial charge is 0.410 e. The van der Waals surface area contributed by atoms with E-state index in [4.69, 9.17) is 16.2 Å². The van der Waals surface area contributed by atoms with Crippen molar-refractivity contribution in [3.8, 4) is 0 Å². The number of nitrogens with zero attached hydrogens (tertiary/aromatic N) is 3. The Bertz CT molecular complexity index is 1910. The molecular weight excluding hydrogens is 584 g/mol. The topological polar surface area (TPSA) is 185 Å². The number of nitrogens with one attached hydrogen (secondary N) is 3. The monoisotopic (exact) mass is 620 g/mol. The van der Waals surface area contributed by atoms with Gasteiger partial charge in [-0.3, -0.25) is 19.6 Å². The molecule has 12 heteroatoms. The van der Waals surface area contributed by atoms with Crippen LogP contribution in [0.4, 0.5) is 4.79 Å². The Morgan fingerprint density at radius 2 is 1.61 bits per heavy atom. The molecule has 1 saturated heterocycles. The lowest BCUT2D eigenvalue weighted by molar-refractivity contribution is 0.0992. The number of pyridine rings is 2. The van der Waals surface area contributed by atoms with Gasteiger partial charge in [0.15, 0.2) is 0 Å². The van der Waals surface area contributed by atoms with E-state index in [1.165, 1.54) is 6.20 Å². The lowest BCUT2D eigenvalue weighted by atomic mass is 9.93. The molecule has 0 radical (unpaired) electrons. The normalized spacial score (nSPS) is 16.4. The molecule has 3 amide bonds. The van der Waals surface area contributed by atoms with Crippen LogP contribution in [-0.4, -0.2) is 68.9 Å². The minimum Gasteiger partial charge on any atom is -0.445 e. The van der Waals surface area contributed by atoms with Crippen LogP contribution in [0.2, 0.25) is 0 Å². The number of ether oxygens (including phenoxy) is 1. The number of carbonyl (C=O) groups is 3. The number of aromatic amines is 2. The molecule has 2 aliphatic heterocycles. The number of amides is 3. The molecule has 7 N–H and O–H groups in total. The quantitative estimate of drug-likeness (QED) is 0.188. The van der Waals surface area contributed by atoms with Gasteiger partial charge in [-0.1, -0.05) is 36.4 Å². The standard InChI is InChI=1S/C21H20N4O3.C13H16N4O/c22-20(26)17-11-24-18(16-8-9-23-19(16)17)15-7-4-10-25(12-15)21(27)28-13-14-5-2-1-3-6-14;14-13(18)10-7-17-11(8-2-1-4-15-6-8)9-3-5-16-12(9)10/h1-3,5-9,11,23H,4,10,12-13H2,(H2,22,26);3,5,7-8,15-16H,1-2,4,6H2,(H2,14,18). The molecule has 5 aromatic rings. The number of nitrogens with two attached hydrogens (primary N) is 2. The summed E-state index contributed by atoms with van der Waals surface area (Å²) in [4.78, 5) is 52.2. The fraction of sp³-hybridized carbons (Fsp3) is 0.265. The fourth-order valence-corrected chi connectivity index (χ4v) is 6.05. The van der Waals surface area contributed by atoms with E-state index in [-0.39, 0.29) is 12.7 Å². The first-order valence-corrected chi connectivity index (χ1v) is 15.3. The Balaban J connectivity index is 0.000000178. The molecule has 0 aliphatic carbocycles. The summed E-state index contributed by atoms with van der Waals surface area (Å²) in [6, 6.07) is 13.4. The predicted molar refractivity (Wildman–Crippen MR) is 175 cm³/mol. The summed E-state index contributed by atoms with van der Waals surface area (Å²) in [5.41, 5.74) is 16.7. The third-order valence-corrected chi connectivity index (χ3v) is 8.35. The van der Waals surface area contributed by atoms with Crippen molar-refractivity contribution >= 4 is 45.3 Å². The lowest BCUT2D eigenvalue weighted by Gasteiger charge is -2.27. The Labute approximate surface area is 265 Å². The number of benzene rings is 1. The molecule has 1 fully saturated rings. The second kappa shape index (κ2) is 13.7. The molecule has 236 valence electrons. The first-order valence-electron chi connectivity index (χ1n) is 15.3. The van der Waals surface area contributed by atoms with Gasteiger partial charge in [-0.05, 0) is 49.1 Å². The molecule has 6 heterocycles. The summed E-state index contributed by atoms with van der Waals surface area (Å²) in [6.07, 6.45) is 11.4. The van der Waals surface area contributed by atoms with Gasteiger partial charge in [-0.25, -0.2) is 4.79 Å². The molecule has 1 aromatic carbocycles. The average Bonchev–Trinajstić information content (AvgIpc) is 3.78. The van der Waals surface area contributed by atoms with Crippen LogP contribution in [0.25, 0.3) is 27.4 Å². The van der Waals surface area contributed by atoms with Crippen LogP contribution in [0.1, 0.15) is 62.8 Å². The van der Waals surface area contributed by atoms with Crippen molar-refractivity contribution in [2.75, 3.05) is 26.2 Å². The van der Waals surface area contributed by atoms with Gasteiger partial charge in [-0.15, -0.1) is 0 Å². The average molecular weight is 621 g/mol. The third kappa shape index (κ3) is 6.47. The molecule has 4 aromatic heterocycles. The van der Waals surface area contributed by atoms with Crippen LogP contribution < -0.4 is 16.8 Å². The van der Waals surface area contributed by atoms with Crippen LogP contribution in [0, 0.1) is 0 Å². The zero-order valence-electron chi connectivity index (χ0n) is 25.3. The van der Waals surface area contributed by atoms with Crippen LogP contribution in [0.15, 0.2) is 73.3 Å². The zero-order chi connectivity index (χ0) is 32.0. The molecule has 0 spiro atoms. The minimum atomic E-state index is -0.532. The van der Waals surface area contributed by atoms with Gasteiger partial charge in [-0.2, -0.15) is 0 Å². The van der Waals surface area contributed by atoms with E-state index in [0.717, 1.165) is 64.7 Å². The van der Waals surface area contributed by atoms with Gasteiger partial charge >= 0.3 is 6.09 Å². The van der Waals surface area contributed by atoms with Crippen molar-refractivity contribution in [1.29, 1.82) is 0 Å². The molecule has 1 unspecified atom stereocenters. The summed E-state index contributed by atoms with van der Waals surface area (Å²) in [7, 11) is 0. The largest absolute Gasteiger partial charge is 0.445 e. The Hall–Kier alpha value is -5.49. The van der Waals surface area contributed by atoms with Crippen molar-refractivity contribution in [3.05, 3.63) is 101 Å². The van der Waals surface area contributed by atoms with Gasteiger partial charge < -0.3 is 36.4 Å². The van der Waals surface area contributed by atoms with E-state index in [2.05, 4.69) is 31.3 Å². The second-order valence-corrected chi connectivity index (χ2v) is 11.4. The lowest BCUT2D eigenvalue weighted by Crippen LogP contribution is -2.36. The van der Waals surface area contributed by atoms with Crippen molar-refractivity contribution in [2.45, 2.75) is 31.8 Å². The van der Waals surface area contributed by atoms with Crippen LogP contribution in [-0.2, 0) is 11.3 Å². The number of carbonyl (C=O) groups excluding carboxylic acids is 3. The number of H-pyrrole nitrogens is 2. The number of aromatic nitrogens is 4. The maximum atomic E-state index is 12.5. The predicted octanol–water partition coefficient (Wildman–Crippen LogP) is 4.22. The molecule has 1 atom stereocenters. The highest BCUT2D eigenvalue weighted by molar-refractivity contribution is 6.07. The van der Waals surface area contributed by atoms with E-state index in [9.17, 15) is 14.4 Å². The highest BCUT2D eigenvalue weighted by Gasteiger charge is 2.24. The van der Waals surface area contributed by atoms with Crippen LogP contribution >= 0.6 is 0 Å². The summed E-state index contributed by atoms with van der Waals surface area (Å²) in [5, 5.41) is 5.21. The van der Waals surface area contributed by atoms with Crippen molar-refractivity contribution in [1.82, 2.24) is 30.2 Å². The molecule has 0 saturated carbocycles. The number of primary amides is 2. The second-order valence-electron chi connectivity index (χ2n) is 11.4. The number of hydrogen-bond acceptors (Lipinski definition) is 7. The van der Waals surface area contributed by atoms with Gasteiger partial charge in [0.05, 0.1) is 40.1 Å². The maximum absolute atomic E-state index is 12.5. The van der Waals surface area contributed by atoms with Crippen LogP contribution in [0.3, 0.4) is 0 Å². The maximum Gasteiger partial charge on any atom is 0.410 e. The molecule has 0 bridgehead atoms. The summed E-state index contributed by atoms with van der Waals surface area (Å²) >= 11 is 0. The van der Waals surface area contributed by atoms with Crippen molar-refractivity contribution < 1.29 is 19.1 Å². The SMILES string of the molecule is NC(=O)c1cnc(C2=CCCN(C(=O)OCc3ccccc3)C2)c2cc[nH]c12.NC(=O)c1cnc(C2CCCNC2)c2cc[nH]c12. The Kier molecular flexibility index (Phi) is 9.06. The van der Waals surface area contributed by atoms with Gasteiger partial charge in [0, 0.05) is 54.6 Å². The van der Waals surface area contributed by atoms with E-state index in [1.807, 2.05) is 48.7 Å². The number of rotatable bonds is 6. The summed E-state index contributed by atoms with van der Waals surface area (Å²) < 4.78 is 5.45. The first kappa shape index (κ1) is 30.5. The molecular formula is C34H36N8O4. The van der Waals surface area contributed by atoms with Gasteiger partial charge in [0.25, 0.3) is 11.8 Å². The van der Waals surface area contributed by atoms with Crippen molar-refractivity contribution in [3.63, 3.8) is 0 Å². The highest BCUT2D eigenvalue weighted by Crippen LogP contribution is 2.30. The minimum absolute atomic E-state index is 0.239. The van der Waals surface area contributed by atoms with Gasteiger partial charge in [0.2, 0.25) is 0 Å². The summed E-state index contributed by atoms with van der Waals surface area (Å²) in [5.74, 6) is -0.558. The Morgan fingerprint density at radius 3 is 2.30 bits per heavy atom. The molecule has 46 heavy (non-hydrogen) atoms. The van der Waals surface area contributed by atoms with E-state index >= 15 is 0 Å². The van der Waals surface area contributed by atoms with Crippen molar-refractivity contribution in [2.24, 2.45) is 11.5 Å². The molecule has 12 nitrogen and oxygen atoms in total.